The molecule has 0 aromatic heterocycles. The summed E-state index contributed by atoms with van der Waals surface area (Å²) in [6.07, 6.45) is -1.03. The van der Waals surface area contributed by atoms with E-state index in [0.717, 1.165) is 5.56 Å². The molecule has 0 radical (unpaired) electrons. The van der Waals surface area contributed by atoms with Crippen molar-refractivity contribution in [3.63, 3.8) is 0 Å². The number of ether oxygens (including phenoxy) is 1. The Morgan fingerprint density at radius 2 is 2.18 bits per heavy atom. The van der Waals surface area contributed by atoms with Crippen molar-refractivity contribution in [1.82, 2.24) is 5.32 Å². The molecule has 0 aliphatic carbocycles. The minimum absolute atomic E-state index is 0.324. The summed E-state index contributed by atoms with van der Waals surface area (Å²) >= 11 is 6.04. The van der Waals surface area contributed by atoms with Crippen LogP contribution < -0.4 is 10.1 Å². The van der Waals surface area contributed by atoms with Gasteiger partial charge in [0.1, 0.15) is 5.75 Å². The topological polar surface area (TPSA) is 58.6 Å². The number of hydrogen-bond donors (Lipinski definition) is 2. The Morgan fingerprint density at radius 3 is 2.65 bits per heavy atom. The zero-order valence-electron chi connectivity index (χ0n) is 10.1. The molecule has 0 heterocycles. The van der Waals surface area contributed by atoms with Gasteiger partial charge in [0, 0.05) is 12.0 Å². The van der Waals surface area contributed by atoms with Gasteiger partial charge >= 0.3 is 6.09 Å². The fraction of sp³-hybridized carbons (Fsp3) is 0.417. The third kappa shape index (κ3) is 3.53. The van der Waals surface area contributed by atoms with Crippen molar-refractivity contribution < 1.29 is 14.6 Å². The summed E-state index contributed by atoms with van der Waals surface area (Å²) in [5.74, 6) is 0.609. The van der Waals surface area contributed by atoms with Crippen LogP contribution in [0, 0.1) is 0 Å². The first-order chi connectivity index (χ1) is 7.86. The number of methoxy groups -OCH3 is 1. The first kappa shape index (κ1) is 13.6. The van der Waals surface area contributed by atoms with Crippen LogP contribution >= 0.6 is 11.6 Å². The number of nitrogens with one attached hydrogen (secondary N) is 1. The van der Waals surface area contributed by atoms with E-state index in [0.29, 0.717) is 17.3 Å². The van der Waals surface area contributed by atoms with Gasteiger partial charge in [0.2, 0.25) is 0 Å². The lowest BCUT2D eigenvalue weighted by atomic mass is 9.84. The van der Waals surface area contributed by atoms with Gasteiger partial charge in [-0.15, -0.1) is 0 Å². The smallest absolute Gasteiger partial charge is 0.404 e. The van der Waals surface area contributed by atoms with Gasteiger partial charge < -0.3 is 15.2 Å². The lowest BCUT2D eigenvalue weighted by molar-refractivity contribution is 0.192. The highest BCUT2D eigenvalue weighted by Crippen LogP contribution is 2.30. The van der Waals surface area contributed by atoms with E-state index in [9.17, 15) is 4.79 Å². The van der Waals surface area contributed by atoms with Crippen LogP contribution in [0.15, 0.2) is 18.2 Å². The average molecular weight is 258 g/mol. The highest BCUT2D eigenvalue weighted by molar-refractivity contribution is 6.32. The minimum atomic E-state index is -1.03. The number of rotatable bonds is 4. The second-order valence-electron chi connectivity index (χ2n) is 4.39. The molecule has 0 aliphatic rings. The summed E-state index contributed by atoms with van der Waals surface area (Å²) in [4.78, 5) is 10.5. The van der Waals surface area contributed by atoms with Crippen LogP contribution in [0.3, 0.4) is 0 Å². The van der Waals surface area contributed by atoms with Crippen LogP contribution in [-0.4, -0.2) is 24.9 Å². The van der Waals surface area contributed by atoms with E-state index >= 15 is 0 Å². The maximum Gasteiger partial charge on any atom is 0.404 e. The van der Waals surface area contributed by atoms with Crippen LogP contribution in [0.4, 0.5) is 4.79 Å². The second-order valence-corrected chi connectivity index (χ2v) is 4.80. The number of carbonyl (C=O) groups is 1. The van der Waals surface area contributed by atoms with Crippen LogP contribution in [0.25, 0.3) is 0 Å². The normalized spacial score (nSPS) is 11.1. The Morgan fingerprint density at radius 1 is 1.53 bits per heavy atom. The van der Waals surface area contributed by atoms with Gasteiger partial charge in [-0.25, -0.2) is 4.79 Å². The van der Waals surface area contributed by atoms with Gasteiger partial charge in [-0.2, -0.15) is 0 Å². The van der Waals surface area contributed by atoms with E-state index in [1.165, 1.54) is 0 Å². The quantitative estimate of drug-likeness (QED) is 0.872. The van der Waals surface area contributed by atoms with Crippen LogP contribution in [-0.2, 0) is 5.41 Å². The van der Waals surface area contributed by atoms with E-state index in [1.54, 1.807) is 19.2 Å². The van der Waals surface area contributed by atoms with Crippen molar-refractivity contribution in [2.45, 2.75) is 19.3 Å². The molecule has 1 aromatic carbocycles. The molecule has 0 bridgehead atoms. The van der Waals surface area contributed by atoms with Gasteiger partial charge in [-0.05, 0) is 17.7 Å². The molecule has 0 atom stereocenters. The van der Waals surface area contributed by atoms with E-state index in [-0.39, 0.29) is 5.41 Å². The summed E-state index contributed by atoms with van der Waals surface area (Å²) in [5.41, 5.74) is 0.631. The largest absolute Gasteiger partial charge is 0.495 e. The van der Waals surface area contributed by atoms with Gasteiger partial charge in [-0.1, -0.05) is 31.5 Å². The van der Waals surface area contributed by atoms with Gasteiger partial charge in [-0.3, -0.25) is 0 Å². The third-order valence-corrected chi connectivity index (χ3v) is 2.91. The van der Waals surface area contributed by atoms with E-state index in [1.807, 2.05) is 19.9 Å². The van der Waals surface area contributed by atoms with Crippen molar-refractivity contribution in [2.75, 3.05) is 13.7 Å². The fourth-order valence-corrected chi connectivity index (χ4v) is 1.74. The van der Waals surface area contributed by atoms with Gasteiger partial charge in [0.15, 0.2) is 0 Å². The number of benzene rings is 1. The number of hydrogen-bond acceptors (Lipinski definition) is 2. The van der Waals surface area contributed by atoms with Crippen molar-refractivity contribution in [1.29, 1.82) is 0 Å². The number of amides is 1. The number of carboxylic acid groups (broad SMARTS) is 1. The second kappa shape index (κ2) is 5.27. The first-order valence-electron chi connectivity index (χ1n) is 5.17. The Bertz CT molecular complexity index is 418. The molecule has 2 N–H and O–H groups in total. The highest BCUT2D eigenvalue weighted by atomic mass is 35.5. The van der Waals surface area contributed by atoms with Crippen molar-refractivity contribution >= 4 is 17.7 Å². The van der Waals surface area contributed by atoms with Gasteiger partial charge in [0.25, 0.3) is 0 Å². The fourth-order valence-electron chi connectivity index (χ4n) is 1.49. The molecular weight excluding hydrogens is 242 g/mol. The molecular formula is C12H16ClNO3. The molecule has 1 aromatic rings. The summed E-state index contributed by atoms with van der Waals surface area (Å²) in [6, 6.07) is 5.46. The lowest BCUT2D eigenvalue weighted by Gasteiger charge is -2.25. The monoisotopic (exact) mass is 257 g/mol. The van der Waals surface area contributed by atoms with Crippen LogP contribution in [0.2, 0.25) is 5.02 Å². The molecule has 0 aliphatic heterocycles. The maximum absolute atomic E-state index is 10.5. The molecule has 17 heavy (non-hydrogen) atoms. The molecule has 5 heteroatoms. The third-order valence-electron chi connectivity index (χ3n) is 2.61. The zero-order valence-corrected chi connectivity index (χ0v) is 10.8. The molecule has 0 saturated carbocycles. The Labute approximate surface area is 106 Å². The van der Waals surface area contributed by atoms with Crippen molar-refractivity contribution in [3.05, 3.63) is 28.8 Å². The van der Waals surface area contributed by atoms with Crippen LogP contribution in [0.5, 0.6) is 5.75 Å². The Kier molecular flexibility index (Phi) is 4.23. The summed E-state index contributed by atoms with van der Waals surface area (Å²) in [7, 11) is 1.55. The summed E-state index contributed by atoms with van der Waals surface area (Å²) < 4.78 is 5.07. The van der Waals surface area contributed by atoms with Crippen molar-refractivity contribution in [3.8, 4) is 5.75 Å². The SMILES string of the molecule is COc1ccc(C(C)(C)CNC(=O)O)cc1Cl. The predicted octanol–water partition coefficient (Wildman–Crippen LogP) is 2.89. The Hall–Kier alpha value is -1.42. The van der Waals surface area contributed by atoms with Crippen molar-refractivity contribution in [2.24, 2.45) is 0 Å². The van der Waals surface area contributed by atoms with E-state index < -0.39 is 6.09 Å². The molecule has 0 fully saturated rings. The molecule has 1 amide bonds. The Balaban J connectivity index is 2.90. The molecule has 0 saturated heterocycles. The average Bonchev–Trinajstić information content (AvgIpc) is 2.26. The van der Waals surface area contributed by atoms with E-state index in [2.05, 4.69) is 5.32 Å². The number of halogens is 1. The van der Waals surface area contributed by atoms with Gasteiger partial charge in [0.05, 0.1) is 12.1 Å². The molecule has 94 valence electrons. The van der Waals surface area contributed by atoms with Crippen LogP contribution in [0.1, 0.15) is 19.4 Å². The first-order valence-corrected chi connectivity index (χ1v) is 5.55. The molecule has 0 spiro atoms. The molecule has 4 nitrogen and oxygen atoms in total. The highest BCUT2D eigenvalue weighted by Gasteiger charge is 2.22. The lowest BCUT2D eigenvalue weighted by Crippen LogP contribution is -2.35. The van der Waals surface area contributed by atoms with E-state index in [4.69, 9.17) is 21.4 Å². The zero-order chi connectivity index (χ0) is 13.1. The summed E-state index contributed by atoms with van der Waals surface area (Å²) in [5, 5.41) is 11.5. The minimum Gasteiger partial charge on any atom is -0.495 e. The standard InChI is InChI=1S/C12H16ClNO3/c1-12(2,7-14-11(15)16)8-4-5-10(17-3)9(13)6-8/h4-6,14H,7H2,1-3H3,(H,15,16). The molecule has 1 rings (SSSR count). The predicted molar refractivity (Wildman–Crippen MR) is 67.1 cm³/mol. The molecule has 0 unspecified atom stereocenters. The maximum atomic E-state index is 10.5. The summed E-state index contributed by atoms with van der Waals surface area (Å²) in [6.45, 7) is 4.22.